The Balaban J connectivity index is 1.91. The van der Waals surface area contributed by atoms with Gasteiger partial charge in [-0.2, -0.15) is 5.10 Å². The quantitative estimate of drug-likeness (QED) is 0.796. The van der Waals surface area contributed by atoms with Crippen molar-refractivity contribution in [3.05, 3.63) is 17.8 Å². The fourth-order valence-corrected chi connectivity index (χ4v) is 1.83. The monoisotopic (exact) mass is 222 g/mol. The highest BCUT2D eigenvalue weighted by atomic mass is 16.5. The average Bonchev–Trinajstić information content (AvgIpc) is 2.59. The molecular formula is C11H18N4O. The molecule has 0 aromatic carbocycles. The lowest BCUT2D eigenvalue weighted by Crippen LogP contribution is -2.28. The number of rotatable bonds is 3. The van der Waals surface area contributed by atoms with Gasteiger partial charge in [0.25, 0.3) is 0 Å². The molecule has 1 saturated heterocycles. The molecule has 0 bridgehead atoms. The van der Waals surface area contributed by atoms with Crippen molar-refractivity contribution in [3.8, 4) is 5.88 Å². The Hall–Kier alpha value is -1.20. The summed E-state index contributed by atoms with van der Waals surface area (Å²) in [5, 5.41) is 11.5. The number of methoxy groups -OCH3 is 1. The van der Waals surface area contributed by atoms with Gasteiger partial charge >= 0.3 is 0 Å². The molecule has 0 spiro atoms. The van der Waals surface area contributed by atoms with Gasteiger partial charge in [-0.1, -0.05) is 0 Å². The van der Waals surface area contributed by atoms with Crippen molar-refractivity contribution in [3.63, 3.8) is 0 Å². The molecule has 1 aliphatic rings. The topological polar surface area (TPSA) is 50.3 Å². The molecule has 88 valence electrons. The van der Waals surface area contributed by atoms with Gasteiger partial charge in [-0.25, -0.2) is 0 Å². The van der Waals surface area contributed by atoms with Crippen LogP contribution < -0.4 is 10.1 Å². The van der Waals surface area contributed by atoms with Gasteiger partial charge in [-0.3, -0.25) is 4.90 Å². The Morgan fingerprint density at radius 2 is 2.25 bits per heavy atom. The molecule has 16 heavy (non-hydrogen) atoms. The number of nitrogens with one attached hydrogen (secondary N) is 1. The van der Waals surface area contributed by atoms with E-state index in [1.165, 1.54) is 6.42 Å². The molecule has 0 saturated carbocycles. The third-order valence-corrected chi connectivity index (χ3v) is 2.72. The lowest BCUT2D eigenvalue weighted by molar-refractivity contribution is 0.279. The third-order valence-electron chi connectivity index (χ3n) is 2.72. The SMILES string of the molecule is COc1ccc(CN2CCCNCC2)nn1. The lowest BCUT2D eigenvalue weighted by atomic mass is 10.3. The maximum atomic E-state index is 4.98. The van der Waals surface area contributed by atoms with Crippen LogP contribution in [-0.4, -0.2) is 48.4 Å². The molecule has 1 aliphatic heterocycles. The number of hydrogen-bond acceptors (Lipinski definition) is 5. The second kappa shape index (κ2) is 5.77. The van der Waals surface area contributed by atoms with Crippen LogP contribution in [-0.2, 0) is 6.54 Å². The fraction of sp³-hybridized carbons (Fsp3) is 0.636. The predicted molar refractivity (Wildman–Crippen MR) is 61.3 cm³/mol. The van der Waals surface area contributed by atoms with Gasteiger partial charge in [0, 0.05) is 25.7 Å². The molecular weight excluding hydrogens is 204 g/mol. The van der Waals surface area contributed by atoms with E-state index in [0.717, 1.165) is 38.4 Å². The van der Waals surface area contributed by atoms with Crippen molar-refractivity contribution < 1.29 is 4.74 Å². The van der Waals surface area contributed by atoms with Crippen LogP contribution in [0.5, 0.6) is 5.88 Å². The van der Waals surface area contributed by atoms with E-state index in [1.807, 2.05) is 12.1 Å². The molecule has 0 aliphatic carbocycles. The molecule has 1 fully saturated rings. The number of aromatic nitrogens is 2. The first-order valence-electron chi connectivity index (χ1n) is 5.68. The molecule has 0 atom stereocenters. The standard InChI is InChI=1S/C11H18N4O/c1-16-11-4-3-10(13-14-11)9-15-7-2-5-12-6-8-15/h3-4,12H,2,5-9H2,1H3. The van der Waals surface area contributed by atoms with E-state index in [-0.39, 0.29) is 0 Å². The van der Waals surface area contributed by atoms with Gasteiger partial charge in [-0.05, 0) is 25.6 Å². The maximum Gasteiger partial charge on any atom is 0.233 e. The molecule has 0 radical (unpaired) electrons. The van der Waals surface area contributed by atoms with Crippen LogP contribution in [0.15, 0.2) is 12.1 Å². The highest BCUT2D eigenvalue weighted by Gasteiger charge is 2.09. The Labute approximate surface area is 95.8 Å². The van der Waals surface area contributed by atoms with E-state index >= 15 is 0 Å². The normalized spacial score (nSPS) is 18.1. The average molecular weight is 222 g/mol. The second-order valence-electron chi connectivity index (χ2n) is 3.95. The van der Waals surface area contributed by atoms with Crippen molar-refractivity contribution in [1.82, 2.24) is 20.4 Å². The lowest BCUT2D eigenvalue weighted by Gasteiger charge is -2.18. The van der Waals surface area contributed by atoms with Crippen LogP contribution in [0, 0.1) is 0 Å². The summed E-state index contributed by atoms with van der Waals surface area (Å²) in [6, 6.07) is 3.84. The summed E-state index contributed by atoms with van der Waals surface area (Å²) in [6.45, 7) is 5.25. The van der Waals surface area contributed by atoms with Crippen molar-refractivity contribution in [2.24, 2.45) is 0 Å². The summed E-state index contributed by atoms with van der Waals surface area (Å²) in [5.41, 5.74) is 1.00. The van der Waals surface area contributed by atoms with Crippen LogP contribution in [0.3, 0.4) is 0 Å². The largest absolute Gasteiger partial charge is 0.480 e. The Kier molecular flexibility index (Phi) is 4.07. The van der Waals surface area contributed by atoms with Crippen LogP contribution in [0.4, 0.5) is 0 Å². The van der Waals surface area contributed by atoms with E-state index in [0.29, 0.717) is 5.88 Å². The fourth-order valence-electron chi connectivity index (χ4n) is 1.83. The van der Waals surface area contributed by atoms with E-state index in [2.05, 4.69) is 20.4 Å². The summed E-state index contributed by atoms with van der Waals surface area (Å²) >= 11 is 0. The summed E-state index contributed by atoms with van der Waals surface area (Å²) in [7, 11) is 1.60. The molecule has 2 rings (SSSR count). The zero-order valence-electron chi connectivity index (χ0n) is 9.65. The molecule has 1 aromatic rings. The first kappa shape index (κ1) is 11.3. The number of ether oxygens (including phenoxy) is 1. The minimum absolute atomic E-state index is 0.571. The molecule has 0 unspecified atom stereocenters. The molecule has 1 aromatic heterocycles. The van der Waals surface area contributed by atoms with Crippen LogP contribution in [0.25, 0.3) is 0 Å². The van der Waals surface area contributed by atoms with Crippen molar-refractivity contribution in [2.75, 3.05) is 33.3 Å². The molecule has 5 heteroatoms. The summed E-state index contributed by atoms with van der Waals surface area (Å²) in [6.07, 6.45) is 1.20. The van der Waals surface area contributed by atoms with Crippen molar-refractivity contribution in [2.45, 2.75) is 13.0 Å². The van der Waals surface area contributed by atoms with Gasteiger partial charge in [0.1, 0.15) is 0 Å². The van der Waals surface area contributed by atoms with Crippen molar-refractivity contribution >= 4 is 0 Å². The van der Waals surface area contributed by atoms with E-state index in [9.17, 15) is 0 Å². The minimum atomic E-state index is 0.571. The van der Waals surface area contributed by atoms with E-state index < -0.39 is 0 Å². The summed E-state index contributed by atoms with van der Waals surface area (Å²) < 4.78 is 4.98. The Bertz CT molecular complexity index is 306. The Morgan fingerprint density at radius 1 is 1.31 bits per heavy atom. The molecule has 2 heterocycles. The van der Waals surface area contributed by atoms with E-state index in [4.69, 9.17) is 4.74 Å². The van der Waals surface area contributed by atoms with Gasteiger partial charge in [-0.15, -0.1) is 5.10 Å². The van der Waals surface area contributed by atoms with Gasteiger partial charge in [0.15, 0.2) is 0 Å². The first-order valence-corrected chi connectivity index (χ1v) is 5.68. The van der Waals surface area contributed by atoms with Crippen LogP contribution in [0.2, 0.25) is 0 Å². The van der Waals surface area contributed by atoms with Crippen LogP contribution >= 0.6 is 0 Å². The van der Waals surface area contributed by atoms with Gasteiger partial charge in [0.05, 0.1) is 12.8 Å². The van der Waals surface area contributed by atoms with Gasteiger partial charge < -0.3 is 10.1 Å². The highest BCUT2D eigenvalue weighted by molar-refractivity contribution is 5.11. The second-order valence-corrected chi connectivity index (χ2v) is 3.95. The van der Waals surface area contributed by atoms with Crippen LogP contribution in [0.1, 0.15) is 12.1 Å². The summed E-state index contributed by atoms with van der Waals surface area (Å²) in [4.78, 5) is 2.40. The zero-order valence-corrected chi connectivity index (χ0v) is 9.65. The third kappa shape index (κ3) is 3.15. The summed E-state index contributed by atoms with van der Waals surface area (Å²) in [5.74, 6) is 0.571. The van der Waals surface area contributed by atoms with Crippen molar-refractivity contribution in [1.29, 1.82) is 0 Å². The highest BCUT2D eigenvalue weighted by Crippen LogP contribution is 2.07. The smallest absolute Gasteiger partial charge is 0.233 e. The Morgan fingerprint density at radius 3 is 3.00 bits per heavy atom. The predicted octanol–water partition coefficient (Wildman–Crippen LogP) is 0.280. The van der Waals surface area contributed by atoms with Gasteiger partial charge in [0.2, 0.25) is 5.88 Å². The molecule has 0 amide bonds. The number of hydrogen-bond donors (Lipinski definition) is 1. The molecule has 5 nitrogen and oxygen atoms in total. The number of nitrogens with zero attached hydrogens (tertiary/aromatic N) is 3. The maximum absolute atomic E-state index is 4.98. The minimum Gasteiger partial charge on any atom is -0.480 e. The first-order chi connectivity index (χ1) is 7.88. The van der Waals surface area contributed by atoms with E-state index in [1.54, 1.807) is 7.11 Å². The molecule has 1 N–H and O–H groups in total. The zero-order chi connectivity index (χ0) is 11.2.